The summed E-state index contributed by atoms with van der Waals surface area (Å²) < 4.78 is 0. The molecule has 0 saturated heterocycles. The number of hydrogen-bond donors (Lipinski definition) is 2. The van der Waals surface area contributed by atoms with E-state index in [1.807, 2.05) is 0 Å². The van der Waals surface area contributed by atoms with Gasteiger partial charge in [0.15, 0.2) is 0 Å². The predicted octanol–water partition coefficient (Wildman–Crippen LogP) is 2.60. The SMILES string of the molecule is OC1(CNC2CCC23CCCCC3)CCC1. The van der Waals surface area contributed by atoms with Crippen molar-refractivity contribution in [3.63, 3.8) is 0 Å². The van der Waals surface area contributed by atoms with Gasteiger partial charge in [-0.2, -0.15) is 0 Å². The van der Waals surface area contributed by atoms with Crippen LogP contribution in [0.3, 0.4) is 0 Å². The molecular weight excluding hydrogens is 198 g/mol. The zero-order chi connectivity index (χ0) is 11.1. The Bertz CT molecular complexity index is 253. The van der Waals surface area contributed by atoms with Crippen LogP contribution in [0.15, 0.2) is 0 Å². The summed E-state index contributed by atoms with van der Waals surface area (Å²) in [7, 11) is 0. The third-order valence-electron chi connectivity index (χ3n) is 5.48. The van der Waals surface area contributed by atoms with Gasteiger partial charge in [-0.15, -0.1) is 0 Å². The van der Waals surface area contributed by atoms with Gasteiger partial charge in [0, 0.05) is 12.6 Å². The van der Waals surface area contributed by atoms with E-state index in [9.17, 15) is 5.11 Å². The van der Waals surface area contributed by atoms with Crippen molar-refractivity contribution in [2.75, 3.05) is 6.54 Å². The number of rotatable bonds is 3. The molecule has 3 rings (SSSR count). The van der Waals surface area contributed by atoms with Gasteiger partial charge >= 0.3 is 0 Å². The monoisotopic (exact) mass is 223 g/mol. The van der Waals surface area contributed by atoms with Crippen LogP contribution in [-0.4, -0.2) is 23.3 Å². The van der Waals surface area contributed by atoms with Crippen molar-refractivity contribution >= 4 is 0 Å². The molecule has 3 saturated carbocycles. The first kappa shape index (κ1) is 11.0. The van der Waals surface area contributed by atoms with E-state index in [1.165, 1.54) is 51.4 Å². The quantitative estimate of drug-likeness (QED) is 0.771. The maximum absolute atomic E-state index is 10.1. The average Bonchev–Trinajstić information content (AvgIpc) is 2.27. The molecule has 0 heterocycles. The summed E-state index contributed by atoms with van der Waals surface area (Å²) in [5.41, 5.74) is 0.295. The topological polar surface area (TPSA) is 32.3 Å². The molecule has 0 radical (unpaired) electrons. The molecular formula is C14H25NO. The fourth-order valence-electron chi connectivity index (χ4n) is 3.94. The first-order chi connectivity index (χ1) is 7.73. The zero-order valence-corrected chi connectivity index (χ0v) is 10.3. The Kier molecular flexibility index (Phi) is 2.75. The molecule has 0 aliphatic heterocycles. The van der Waals surface area contributed by atoms with Gasteiger partial charge in [0.2, 0.25) is 0 Å². The highest BCUT2D eigenvalue weighted by molar-refractivity contribution is 5.03. The van der Waals surface area contributed by atoms with E-state index in [4.69, 9.17) is 0 Å². The largest absolute Gasteiger partial charge is 0.389 e. The molecule has 3 aliphatic rings. The van der Waals surface area contributed by atoms with Gasteiger partial charge < -0.3 is 10.4 Å². The minimum absolute atomic E-state index is 0.342. The van der Waals surface area contributed by atoms with E-state index in [0.29, 0.717) is 5.41 Å². The number of hydrogen-bond acceptors (Lipinski definition) is 2. The Labute approximate surface area is 98.8 Å². The summed E-state index contributed by atoms with van der Waals surface area (Å²) >= 11 is 0. The molecule has 92 valence electrons. The first-order valence-corrected chi connectivity index (χ1v) is 7.18. The fourth-order valence-corrected chi connectivity index (χ4v) is 3.94. The smallest absolute Gasteiger partial charge is 0.0771 e. The average molecular weight is 223 g/mol. The summed E-state index contributed by atoms with van der Waals surface area (Å²) in [4.78, 5) is 0. The summed E-state index contributed by atoms with van der Waals surface area (Å²) in [5.74, 6) is 0. The predicted molar refractivity (Wildman–Crippen MR) is 65.3 cm³/mol. The summed E-state index contributed by atoms with van der Waals surface area (Å²) in [5, 5.41) is 13.8. The van der Waals surface area contributed by atoms with Crippen LogP contribution in [0.4, 0.5) is 0 Å². The maximum atomic E-state index is 10.1. The molecule has 16 heavy (non-hydrogen) atoms. The molecule has 1 unspecified atom stereocenters. The van der Waals surface area contributed by atoms with Crippen LogP contribution in [0.2, 0.25) is 0 Å². The Morgan fingerprint density at radius 2 is 1.69 bits per heavy atom. The molecule has 0 aromatic rings. The normalized spacial score (nSPS) is 35.4. The Morgan fingerprint density at radius 3 is 2.19 bits per heavy atom. The number of nitrogens with one attached hydrogen (secondary N) is 1. The van der Waals surface area contributed by atoms with Crippen molar-refractivity contribution in [3.8, 4) is 0 Å². The minimum Gasteiger partial charge on any atom is -0.389 e. The molecule has 3 aliphatic carbocycles. The maximum Gasteiger partial charge on any atom is 0.0771 e. The second kappa shape index (κ2) is 3.99. The second-order valence-corrected chi connectivity index (χ2v) is 6.47. The molecule has 1 spiro atoms. The van der Waals surface area contributed by atoms with Gasteiger partial charge in [0.25, 0.3) is 0 Å². The lowest BCUT2D eigenvalue weighted by Crippen LogP contribution is -2.58. The molecule has 0 amide bonds. The van der Waals surface area contributed by atoms with Crippen molar-refractivity contribution in [2.45, 2.75) is 75.9 Å². The first-order valence-electron chi connectivity index (χ1n) is 7.18. The summed E-state index contributed by atoms with van der Waals surface area (Å²) in [6.45, 7) is 0.847. The third-order valence-corrected chi connectivity index (χ3v) is 5.48. The molecule has 0 aromatic carbocycles. The van der Waals surface area contributed by atoms with Crippen molar-refractivity contribution in [1.29, 1.82) is 0 Å². The van der Waals surface area contributed by atoms with Gasteiger partial charge in [-0.05, 0) is 50.4 Å². The molecule has 1 atom stereocenters. The van der Waals surface area contributed by atoms with E-state index in [-0.39, 0.29) is 5.60 Å². The lowest BCUT2D eigenvalue weighted by atomic mass is 9.57. The lowest BCUT2D eigenvalue weighted by Gasteiger charge is -2.53. The fraction of sp³-hybridized carbons (Fsp3) is 1.00. The molecule has 2 nitrogen and oxygen atoms in total. The summed E-state index contributed by atoms with van der Waals surface area (Å²) in [6.07, 6.45) is 13.2. The van der Waals surface area contributed by atoms with Crippen molar-refractivity contribution in [3.05, 3.63) is 0 Å². The standard InChI is InChI=1S/C14H25NO/c16-14(8-4-9-14)11-15-12-5-10-13(12)6-2-1-3-7-13/h12,15-16H,1-11H2. The Hall–Kier alpha value is -0.0800. The van der Waals surface area contributed by atoms with Crippen LogP contribution in [0.25, 0.3) is 0 Å². The van der Waals surface area contributed by atoms with Crippen LogP contribution in [0.1, 0.15) is 64.2 Å². The van der Waals surface area contributed by atoms with E-state index < -0.39 is 0 Å². The van der Waals surface area contributed by atoms with E-state index in [1.54, 1.807) is 0 Å². The summed E-state index contributed by atoms with van der Waals surface area (Å²) in [6, 6.07) is 0.720. The van der Waals surface area contributed by atoms with E-state index >= 15 is 0 Å². The molecule has 2 N–H and O–H groups in total. The highest BCUT2D eigenvalue weighted by atomic mass is 16.3. The minimum atomic E-state index is -0.342. The van der Waals surface area contributed by atoms with Crippen LogP contribution in [0, 0.1) is 5.41 Å². The van der Waals surface area contributed by atoms with E-state index in [2.05, 4.69) is 5.32 Å². The molecule has 0 aromatic heterocycles. The van der Waals surface area contributed by atoms with Gasteiger partial charge in [-0.3, -0.25) is 0 Å². The Morgan fingerprint density at radius 1 is 0.938 bits per heavy atom. The third kappa shape index (κ3) is 1.80. The highest BCUT2D eigenvalue weighted by Gasteiger charge is 2.47. The van der Waals surface area contributed by atoms with Crippen LogP contribution in [0.5, 0.6) is 0 Å². The lowest BCUT2D eigenvalue weighted by molar-refractivity contribution is -0.0504. The van der Waals surface area contributed by atoms with Crippen molar-refractivity contribution < 1.29 is 5.11 Å². The van der Waals surface area contributed by atoms with Gasteiger partial charge in [-0.25, -0.2) is 0 Å². The molecule has 0 bridgehead atoms. The van der Waals surface area contributed by atoms with Crippen molar-refractivity contribution in [2.24, 2.45) is 5.41 Å². The molecule has 3 fully saturated rings. The highest BCUT2D eigenvalue weighted by Crippen LogP contribution is 2.51. The van der Waals surface area contributed by atoms with Crippen LogP contribution in [-0.2, 0) is 0 Å². The van der Waals surface area contributed by atoms with Gasteiger partial charge in [-0.1, -0.05) is 19.3 Å². The van der Waals surface area contributed by atoms with Crippen LogP contribution >= 0.6 is 0 Å². The Balaban J connectivity index is 1.51. The second-order valence-electron chi connectivity index (χ2n) is 6.47. The van der Waals surface area contributed by atoms with Gasteiger partial charge in [0.1, 0.15) is 0 Å². The van der Waals surface area contributed by atoms with Gasteiger partial charge in [0.05, 0.1) is 5.60 Å². The zero-order valence-electron chi connectivity index (χ0n) is 10.3. The molecule has 2 heteroatoms. The van der Waals surface area contributed by atoms with Crippen molar-refractivity contribution in [1.82, 2.24) is 5.32 Å². The number of aliphatic hydroxyl groups is 1. The van der Waals surface area contributed by atoms with E-state index in [0.717, 1.165) is 25.4 Å². The van der Waals surface area contributed by atoms with Crippen LogP contribution < -0.4 is 5.32 Å².